The number of sulfonamides is 2. The number of nitrogens with zero attached hydrogens (tertiary/aromatic N) is 6. The standard InChI is InChI=1S/C18H24N4O3S2.C14H23N3O3S.C4H3NOS/c23-17-18(21-16(20-17)14-4-2-1-3-5-14)7-10-22(11-8-18)27(24,25)13-6-15-19-9-12-26-15;1-21(19,20)17-9-7-14(8-10-17)13(18)15-12(16-14)11-5-3-2-4-6-11;6-3-4-5-1-2-7-4/h6,9,12-14H,1-5,7-8,10-11H2,(H,20,21,23);11H,2-10H2,1H3,(H,15,16,18);1-3H/b13-6+;;. The molecular weight excluding hydrogens is 785 g/mol. The van der Waals surface area contributed by atoms with Crippen LogP contribution in [0.25, 0.3) is 6.08 Å². The van der Waals surface area contributed by atoms with Gasteiger partial charge in [0.15, 0.2) is 11.3 Å². The molecule has 15 nitrogen and oxygen atoms in total. The highest BCUT2D eigenvalue weighted by Gasteiger charge is 2.49. The van der Waals surface area contributed by atoms with Crippen LogP contribution < -0.4 is 10.6 Å². The van der Waals surface area contributed by atoms with Crippen molar-refractivity contribution in [3.05, 3.63) is 38.6 Å². The minimum absolute atomic E-state index is 0.0313. The molecule has 300 valence electrons. The summed E-state index contributed by atoms with van der Waals surface area (Å²) in [5.41, 5.74) is -1.49. The molecule has 0 radical (unpaired) electrons. The second-order valence-corrected chi connectivity index (χ2v) is 20.6. The number of carbonyl (C=O) groups is 3. The maximum atomic E-state index is 12.6. The SMILES string of the molecule is CS(=O)(=O)N1CCC2(CC1)N=C(C1CCCCC1)NC2=O.O=C1NC(C2CCCCC2)=NC12CCN(S(=O)(=O)/C=C/c1nccs1)CC2.O=Cc1nccs1. The highest BCUT2D eigenvalue weighted by molar-refractivity contribution is 7.92. The molecule has 0 atom stereocenters. The number of aliphatic imine (C=N–C) groups is 2. The van der Waals surface area contributed by atoms with Crippen LogP contribution in [-0.2, 0) is 29.6 Å². The predicted octanol–water partition coefficient (Wildman–Crippen LogP) is 4.23. The zero-order valence-electron chi connectivity index (χ0n) is 31.1. The van der Waals surface area contributed by atoms with Crippen LogP contribution in [0.2, 0.25) is 0 Å². The Labute approximate surface area is 331 Å². The van der Waals surface area contributed by atoms with Gasteiger partial charge < -0.3 is 10.6 Å². The van der Waals surface area contributed by atoms with Gasteiger partial charge in [-0.1, -0.05) is 38.5 Å². The number of piperidine rings is 2. The molecule has 2 aliphatic carbocycles. The molecule has 2 saturated carbocycles. The number of hydrogen-bond acceptors (Lipinski definition) is 13. The van der Waals surface area contributed by atoms with E-state index in [2.05, 4.69) is 20.6 Å². The van der Waals surface area contributed by atoms with Crippen LogP contribution >= 0.6 is 22.7 Å². The lowest BCUT2D eigenvalue weighted by Gasteiger charge is -2.34. The van der Waals surface area contributed by atoms with Gasteiger partial charge in [-0.25, -0.2) is 31.1 Å². The average molecular weight is 835 g/mol. The van der Waals surface area contributed by atoms with Crippen molar-refractivity contribution in [2.75, 3.05) is 32.4 Å². The lowest BCUT2D eigenvalue weighted by molar-refractivity contribution is -0.125. The summed E-state index contributed by atoms with van der Waals surface area (Å²) >= 11 is 2.73. The molecular formula is C36H50N8O7S4. The molecule has 55 heavy (non-hydrogen) atoms. The Kier molecular flexibility index (Phi) is 13.5. The van der Waals surface area contributed by atoms with Crippen molar-refractivity contribution in [1.29, 1.82) is 0 Å². The number of rotatable bonds is 7. The summed E-state index contributed by atoms with van der Waals surface area (Å²) in [6.45, 7) is 1.38. The van der Waals surface area contributed by atoms with Gasteiger partial charge in [-0.15, -0.1) is 22.7 Å². The molecule has 0 aromatic carbocycles. The van der Waals surface area contributed by atoms with E-state index in [4.69, 9.17) is 9.98 Å². The molecule has 2 amide bonds. The normalized spacial score (nSPS) is 23.7. The average Bonchev–Trinajstić information content (AvgIpc) is 4.02. The first kappa shape index (κ1) is 41.4. The summed E-state index contributed by atoms with van der Waals surface area (Å²) in [5, 5.41) is 12.0. The number of carbonyl (C=O) groups excluding carboxylic acids is 3. The van der Waals surface area contributed by atoms with Crippen molar-refractivity contribution >= 4 is 78.6 Å². The van der Waals surface area contributed by atoms with Crippen molar-refractivity contribution in [1.82, 2.24) is 29.2 Å². The number of amides is 2. The Hall–Kier alpha value is -3.23. The summed E-state index contributed by atoms with van der Waals surface area (Å²) in [6, 6.07) is 0. The third kappa shape index (κ3) is 10.2. The van der Waals surface area contributed by atoms with E-state index in [0.29, 0.717) is 73.7 Å². The maximum Gasteiger partial charge on any atom is 0.253 e. The van der Waals surface area contributed by atoms with Crippen LogP contribution in [0.1, 0.15) is 105 Å². The molecule has 19 heteroatoms. The van der Waals surface area contributed by atoms with Gasteiger partial charge in [0.05, 0.1) is 6.26 Å². The lowest BCUT2D eigenvalue weighted by atomic mass is 9.88. The fourth-order valence-corrected chi connectivity index (χ4v) is 11.1. The van der Waals surface area contributed by atoms with E-state index in [1.165, 1.54) is 87.5 Å². The summed E-state index contributed by atoms with van der Waals surface area (Å²) in [5.74, 6) is 2.34. The highest BCUT2D eigenvalue weighted by atomic mass is 32.2. The number of amidine groups is 2. The molecule has 6 aliphatic rings. The zero-order chi connectivity index (χ0) is 39.1. The van der Waals surface area contributed by atoms with Gasteiger partial charge in [-0.3, -0.25) is 24.4 Å². The van der Waals surface area contributed by atoms with E-state index >= 15 is 0 Å². The quantitative estimate of drug-likeness (QED) is 0.383. The number of aldehydes is 1. The van der Waals surface area contributed by atoms with E-state index < -0.39 is 31.1 Å². The summed E-state index contributed by atoms with van der Waals surface area (Å²) in [7, 11) is -6.69. The molecule has 0 bridgehead atoms. The van der Waals surface area contributed by atoms with Crippen LogP contribution in [0.15, 0.2) is 38.5 Å². The van der Waals surface area contributed by atoms with Crippen molar-refractivity contribution < 1.29 is 31.2 Å². The fraction of sp³-hybridized carbons (Fsp3) is 0.639. The van der Waals surface area contributed by atoms with Gasteiger partial charge in [-0.05, 0) is 57.4 Å². The molecule has 6 heterocycles. The van der Waals surface area contributed by atoms with Crippen LogP contribution in [0.4, 0.5) is 0 Å². The second-order valence-electron chi connectivity index (χ2n) is 14.9. The Morgan fingerprint density at radius 1 is 0.691 bits per heavy atom. The molecule has 2 aromatic rings. The van der Waals surface area contributed by atoms with Crippen LogP contribution in [0.3, 0.4) is 0 Å². The molecule has 0 unspecified atom stereocenters. The van der Waals surface area contributed by atoms with Crippen LogP contribution in [0, 0.1) is 11.8 Å². The van der Waals surface area contributed by atoms with E-state index in [1.54, 1.807) is 23.2 Å². The Morgan fingerprint density at radius 3 is 1.51 bits per heavy atom. The third-order valence-corrected chi connectivity index (χ3v) is 15.6. The number of nitrogens with one attached hydrogen (secondary N) is 2. The van der Waals surface area contributed by atoms with Crippen molar-refractivity contribution in [2.24, 2.45) is 21.8 Å². The smallest absolute Gasteiger partial charge is 0.253 e. The number of thiazole rings is 2. The van der Waals surface area contributed by atoms with Gasteiger partial charge in [-0.2, -0.15) is 4.31 Å². The monoisotopic (exact) mass is 834 g/mol. The van der Waals surface area contributed by atoms with Crippen LogP contribution in [-0.4, -0.2) is 109 Å². The van der Waals surface area contributed by atoms with Gasteiger partial charge in [0, 0.05) is 66.6 Å². The molecule has 2 aromatic heterocycles. The van der Waals surface area contributed by atoms with Gasteiger partial charge in [0.1, 0.15) is 27.8 Å². The Morgan fingerprint density at radius 2 is 1.13 bits per heavy atom. The minimum Gasteiger partial charge on any atom is -0.312 e. The van der Waals surface area contributed by atoms with Gasteiger partial charge in [0.25, 0.3) is 11.8 Å². The highest BCUT2D eigenvalue weighted by Crippen LogP contribution is 2.36. The van der Waals surface area contributed by atoms with Crippen LogP contribution in [0.5, 0.6) is 0 Å². The Bertz CT molecular complexity index is 1950. The summed E-state index contributed by atoms with van der Waals surface area (Å²) in [6.07, 6.45) is 20.2. The fourth-order valence-electron chi connectivity index (χ4n) is 8.04. The number of hydrogen-bond donors (Lipinski definition) is 2. The largest absolute Gasteiger partial charge is 0.312 e. The second kappa shape index (κ2) is 17.9. The first-order valence-electron chi connectivity index (χ1n) is 19.0. The first-order valence-corrected chi connectivity index (χ1v) is 24.1. The predicted molar refractivity (Wildman–Crippen MR) is 214 cm³/mol. The van der Waals surface area contributed by atoms with Crippen molar-refractivity contribution in [2.45, 2.75) is 101 Å². The topological polar surface area (TPSA) is 201 Å². The zero-order valence-corrected chi connectivity index (χ0v) is 34.4. The summed E-state index contributed by atoms with van der Waals surface area (Å²) in [4.78, 5) is 52.1. The molecule has 2 N–H and O–H groups in total. The number of aromatic nitrogens is 2. The summed E-state index contributed by atoms with van der Waals surface area (Å²) < 4.78 is 51.1. The van der Waals surface area contributed by atoms with E-state index in [9.17, 15) is 31.2 Å². The molecule has 2 spiro atoms. The Balaban J connectivity index is 0.000000162. The minimum atomic E-state index is -3.52. The van der Waals surface area contributed by atoms with Crippen molar-refractivity contribution in [3.8, 4) is 0 Å². The van der Waals surface area contributed by atoms with E-state index in [0.717, 1.165) is 43.6 Å². The molecule has 4 aliphatic heterocycles. The van der Waals surface area contributed by atoms with E-state index in [-0.39, 0.29) is 11.8 Å². The molecule has 4 fully saturated rings. The molecule has 8 rings (SSSR count). The van der Waals surface area contributed by atoms with E-state index in [1.807, 2.05) is 0 Å². The molecule has 2 saturated heterocycles. The maximum absolute atomic E-state index is 12.6. The first-order chi connectivity index (χ1) is 26.3. The van der Waals surface area contributed by atoms with Gasteiger partial charge >= 0.3 is 0 Å². The lowest BCUT2D eigenvalue weighted by Crippen LogP contribution is -2.50. The van der Waals surface area contributed by atoms with Gasteiger partial charge in [0.2, 0.25) is 20.0 Å². The third-order valence-electron chi connectivity index (χ3n) is 11.3. The van der Waals surface area contributed by atoms with Crippen molar-refractivity contribution in [3.63, 3.8) is 0 Å².